The summed E-state index contributed by atoms with van der Waals surface area (Å²) in [7, 11) is 1.65. The van der Waals surface area contributed by atoms with Crippen molar-refractivity contribution in [2.75, 3.05) is 26.7 Å². The largest absolute Gasteiger partial charge is 0.497 e. The first-order valence-electron chi connectivity index (χ1n) is 10.9. The Morgan fingerprint density at radius 3 is 2.70 bits per heavy atom. The number of fused-ring (bicyclic) bond motifs is 2. The Bertz CT molecular complexity index is 1240. The van der Waals surface area contributed by atoms with Gasteiger partial charge in [0, 0.05) is 36.3 Å². The summed E-state index contributed by atoms with van der Waals surface area (Å²) in [6.07, 6.45) is 0. The minimum atomic E-state index is -0.0126. The first-order chi connectivity index (χ1) is 16.0. The molecule has 7 heteroatoms. The standard InChI is InChI=1S/C26H24ClN3O3/c1-17-16-29(12-13-30(17)26(31)18-6-5-7-19(27)14-18)25-21-15-20(32-2)10-11-23(21)33-24-9-4-3-8-22(24)28-25/h3-11,14-15,17H,12-13,16H2,1-2H3/t17-/m0/s1. The molecule has 0 spiro atoms. The summed E-state index contributed by atoms with van der Waals surface area (Å²) < 4.78 is 11.7. The summed E-state index contributed by atoms with van der Waals surface area (Å²) in [6.45, 7) is 3.92. The summed E-state index contributed by atoms with van der Waals surface area (Å²) in [5.41, 5.74) is 2.24. The molecule has 5 rings (SSSR count). The van der Waals surface area contributed by atoms with E-state index in [-0.39, 0.29) is 11.9 Å². The molecule has 1 amide bonds. The molecule has 2 aliphatic rings. The van der Waals surface area contributed by atoms with Gasteiger partial charge in [-0.25, -0.2) is 4.99 Å². The van der Waals surface area contributed by atoms with Gasteiger partial charge in [-0.3, -0.25) is 4.79 Å². The number of amides is 1. The van der Waals surface area contributed by atoms with Crippen LogP contribution in [0.4, 0.5) is 5.69 Å². The van der Waals surface area contributed by atoms with Gasteiger partial charge >= 0.3 is 0 Å². The number of carbonyl (C=O) groups excluding carboxylic acids is 1. The number of hydrogen-bond donors (Lipinski definition) is 0. The third-order valence-electron chi connectivity index (χ3n) is 6.00. The van der Waals surface area contributed by atoms with Crippen LogP contribution in [0, 0.1) is 0 Å². The summed E-state index contributed by atoms with van der Waals surface area (Å²) in [5, 5.41) is 0.559. The Morgan fingerprint density at radius 2 is 1.91 bits per heavy atom. The maximum atomic E-state index is 13.1. The van der Waals surface area contributed by atoms with Crippen molar-refractivity contribution < 1.29 is 14.3 Å². The Labute approximate surface area is 198 Å². The number of methoxy groups -OCH3 is 1. The van der Waals surface area contributed by atoms with Gasteiger partial charge in [-0.1, -0.05) is 29.8 Å². The molecule has 0 N–H and O–H groups in total. The first-order valence-corrected chi connectivity index (χ1v) is 11.3. The molecule has 1 atom stereocenters. The van der Waals surface area contributed by atoms with Crippen LogP contribution in [0.5, 0.6) is 17.2 Å². The lowest BCUT2D eigenvalue weighted by Crippen LogP contribution is -2.55. The lowest BCUT2D eigenvalue weighted by atomic mass is 10.1. The second-order valence-corrected chi connectivity index (χ2v) is 8.61. The highest BCUT2D eigenvalue weighted by Crippen LogP contribution is 2.39. The molecule has 2 aliphatic heterocycles. The summed E-state index contributed by atoms with van der Waals surface area (Å²) in [5.74, 6) is 2.98. The Kier molecular flexibility index (Phi) is 5.68. The second-order valence-electron chi connectivity index (χ2n) is 8.17. The number of aliphatic imine (C=N–C) groups is 1. The lowest BCUT2D eigenvalue weighted by Gasteiger charge is -2.41. The first kappa shape index (κ1) is 21.3. The molecule has 0 aromatic heterocycles. The molecule has 3 aromatic carbocycles. The molecule has 0 aliphatic carbocycles. The van der Waals surface area contributed by atoms with E-state index in [9.17, 15) is 4.79 Å². The normalized spacial score (nSPS) is 17.3. The van der Waals surface area contributed by atoms with Crippen LogP contribution in [0.15, 0.2) is 71.7 Å². The van der Waals surface area contributed by atoms with Crippen LogP contribution >= 0.6 is 11.6 Å². The molecule has 2 heterocycles. The van der Waals surface area contributed by atoms with Crippen molar-refractivity contribution in [3.63, 3.8) is 0 Å². The molecule has 0 unspecified atom stereocenters. The number of nitrogens with zero attached hydrogens (tertiary/aromatic N) is 3. The van der Waals surface area contributed by atoms with E-state index in [0.717, 1.165) is 28.6 Å². The molecular formula is C26H24ClN3O3. The van der Waals surface area contributed by atoms with E-state index in [1.807, 2.05) is 47.4 Å². The van der Waals surface area contributed by atoms with Crippen LogP contribution < -0.4 is 9.47 Å². The van der Waals surface area contributed by atoms with Crippen LogP contribution in [0.1, 0.15) is 22.8 Å². The van der Waals surface area contributed by atoms with E-state index in [1.54, 1.807) is 31.4 Å². The van der Waals surface area contributed by atoms with E-state index in [1.165, 1.54) is 0 Å². The van der Waals surface area contributed by atoms with E-state index >= 15 is 0 Å². The zero-order chi connectivity index (χ0) is 22.9. The van der Waals surface area contributed by atoms with Gasteiger partial charge in [-0.05, 0) is 55.5 Å². The van der Waals surface area contributed by atoms with Crippen molar-refractivity contribution >= 4 is 29.0 Å². The van der Waals surface area contributed by atoms with Gasteiger partial charge in [0.25, 0.3) is 5.91 Å². The summed E-state index contributed by atoms with van der Waals surface area (Å²) in [4.78, 5) is 22.2. The quantitative estimate of drug-likeness (QED) is 0.514. The fourth-order valence-electron chi connectivity index (χ4n) is 4.31. The number of amidine groups is 1. The van der Waals surface area contributed by atoms with Gasteiger partial charge in [0.2, 0.25) is 0 Å². The maximum Gasteiger partial charge on any atom is 0.254 e. The number of para-hydroxylation sites is 2. The maximum absolute atomic E-state index is 13.1. The van der Waals surface area contributed by atoms with E-state index in [4.69, 9.17) is 26.1 Å². The van der Waals surface area contributed by atoms with Crippen molar-refractivity contribution in [2.45, 2.75) is 13.0 Å². The third-order valence-corrected chi connectivity index (χ3v) is 6.23. The molecule has 33 heavy (non-hydrogen) atoms. The number of rotatable bonds is 2. The predicted octanol–water partition coefficient (Wildman–Crippen LogP) is 5.38. The van der Waals surface area contributed by atoms with E-state index < -0.39 is 0 Å². The Balaban J connectivity index is 1.47. The van der Waals surface area contributed by atoms with Crippen molar-refractivity contribution in [1.29, 1.82) is 0 Å². The number of piperazine rings is 1. The summed E-state index contributed by atoms with van der Waals surface area (Å²) in [6, 6.07) is 20.6. The fraction of sp³-hybridized carbons (Fsp3) is 0.231. The zero-order valence-electron chi connectivity index (χ0n) is 18.5. The number of hydrogen-bond acceptors (Lipinski definition) is 5. The average molecular weight is 462 g/mol. The van der Waals surface area contributed by atoms with Gasteiger partial charge in [-0.15, -0.1) is 0 Å². The van der Waals surface area contributed by atoms with Crippen LogP contribution in [0.2, 0.25) is 5.02 Å². The smallest absolute Gasteiger partial charge is 0.254 e. The molecule has 168 valence electrons. The number of carbonyl (C=O) groups is 1. The molecule has 1 fully saturated rings. The zero-order valence-corrected chi connectivity index (χ0v) is 19.2. The van der Waals surface area contributed by atoms with Crippen LogP contribution in [-0.2, 0) is 0 Å². The van der Waals surface area contributed by atoms with Crippen molar-refractivity contribution in [1.82, 2.24) is 9.80 Å². The Morgan fingerprint density at radius 1 is 1.06 bits per heavy atom. The molecule has 3 aromatic rings. The predicted molar refractivity (Wildman–Crippen MR) is 129 cm³/mol. The second kappa shape index (κ2) is 8.79. The molecule has 1 saturated heterocycles. The van der Waals surface area contributed by atoms with Gasteiger partial charge in [0.05, 0.1) is 12.7 Å². The highest BCUT2D eigenvalue weighted by molar-refractivity contribution is 6.31. The number of benzene rings is 3. The lowest BCUT2D eigenvalue weighted by molar-refractivity contribution is 0.0581. The molecule has 0 bridgehead atoms. The van der Waals surface area contributed by atoms with Crippen LogP contribution in [0.3, 0.4) is 0 Å². The highest BCUT2D eigenvalue weighted by atomic mass is 35.5. The molecule has 0 saturated carbocycles. The van der Waals surface area contributed by atoms with Gasteiger partial charge < -0.3 is 19.3 Å². The fourth-order valence-corrected chi connectivity index (χ4v) is 4.50. The van der Waals surface area contributed by atoms with Gasteiger partial charge in [-0.2, -0.15) is 0 Å². The van der Waals surface area contributed by atoms with Crippen LogP contribution in [-0.4, -0.2) is 54.3 Å². The minimum Gasteiger partial charge on any atom is -0.497 e. The minimum absolute atomic E-state index is 0.0109. The van der Waals surface area contributed by atoms with Crippen molar-refractivity contribution in [3.05, 3.63) is 82.9 Å². The van der Waals surface area contributed by atoms with E-state index in [2.05, 4.69) is 11.8 Å². The van der Waals surface area contributed by atoms with Crippen molar-refractivity contribution in [3.8, 4) is 17.2 Å². The average Bonchev–Trinajstić information content (AvgIpc) is 3.00. The summed E-state index contributed by atoms with van der Waals surface area (Å²) >= 11 is 6.10. The van der Waals surface area contributed by atoms with Crippen molar-refractivity contribution in [2.24, 2.45) is 4.99 Å². The number of halogens is 1. The molecule has 0 radical (unpaired) electrons. The number of ether oxygens (including phenoxy) is 2. The topological polar surface area (TPSA) is 54.4 Å². The van der Waals surface area contributed by atoms with E-state index in [0.29, 0.717) is 36.0 Å². The van der Waals surface area contributed by atoms with Gasteiger partial charge in [0.15, 0.2) is 5.75 Å². The Hall–Kier alpha value is -3.51. The SMILES string of the molecule is COc1ccc2c(c1)C(N1CCN(C(=O)c3cccc(Cl)c3)[C@@H](C)C1)=Nc1ccccc1O2. The van der Waals surface area contributed by atoms with Gasteiger partial charge in [0.1, 0.15) is 23.0 Å². The monoisotopic (exact) mass is 461 g/mol. The van der Waals surface area contributed by atoms with Crippen LogP contribution in [0.25, 0.3) is 0 Å². The molecular weight excluding hydrogens is 438 g/mol. The third kappa shape index (κ3) is 4.14. The molecule has 6 nitrogen and oxygen atoms in total. The highest BCUT2D eigenvalue weighted by Gasteiger charge is 2.32.